The summed E-state index contributed by atoms with van der Waals surface area (Å²) in [7, 11) is 1.12. The molecule has 1 aliphatic rings. The zero-order valence-corrected chi connectivity index (χ0v) is 17.6. The van der Waals surface area contributed by atoms with Crippen molar-refractivity contribution in [1.82, 2.24) is 4.90 Å². The quantitative estimate of drug-likeness (QED) is 0.313. The van der Waals surface area contributed by atoms with Crippen molar-refractivity contribution < 1.29 is 31.8 Å². The summed E-state index contributed by atoms with van der Waals surface area (Å²) in [5.41, 5.74) is -0.972. The monoisotopic (exact) mass is 459 g/mol. The highest BCUT2D eigenvalue weighted by Gasteiger charge is 2.27. The van der Waals surface area contributed by atoms with Gasteiger partial charge in [0.1, 0.15) is 11.3 Å². The summed E-state index contributed by atoms with van der Waals surface area (Å²) in [6.45, 7) is 2.15. The molecular formula is C22H22ClF4NO3. The topological polar surface area (TPSA) is 38.8 Å². The number of ether oxygens (including phenoxy) is 2. The first-order valence-electron chi connectivity index (χ1n) is 9.54. The Labute approximate surface area is 183 Å². The van der Waals surface area contributed by atoms with Gasteiger partial charge in [0.05, 0.1) is 12.7 Å². The Bertz CT molecular complexity index is 933. The highest BCUT2D eigenvalue weighted by atomic mass is 35.5. The molecule has 0 unspecified atom stereocenters. The van der Waals surface area contributed by atoms with Gasteiger partial charge in [0.2, 0.25) is 17.4 Å². The van der Waals surface area contributed by atoms with Gasteiger partial charge in [-0.3, -0.25) is 4.90 Å². The largest absolute Gasteiger partial charge is 0.465 e. The SMILES string of the molecule is COC(=O)c1ccccc1Oc1c(F)c(F)c(/C=C/CN2CCCCC2)c(F)c1F.Cl. The van der Waals surface area contributed by atoms with E-state index in [1.165, 1.54) is 30.3 Å². The molecule has 0 atom stereocenters. The van der Waals surface area contributed by atoms with E-state index in [1.54, 1.807) is 0 Å². The first kappa shape index (κ1) is 24.7. The Balaban J connectivity index is 0.00000341. The van der Waals surface area contributed by atoms with Crippen molar-refractivity contribution in [3.05, 3.63) is 64.7 Å². The lowest BCUT2D eigenvalue weighted by molar-refractivity contribution is 0.0597. The number of rotatable bonds is 6. The molecule has 9 heteroatoms. The van der Waals surface area contributed by atoms with Crippen molar-refractivity contribution in [2.24, 2.45) is 0 Å². The first-order valence-corrected chi connectivity index (χ1v) is 9.54. The molecule has 168 valence electrons. The molecule has 2 aromatic carbocycles. The van der Waals surface area contributed by atoms with Crippen LogP contribution in [0.5, 0.6) is 11.5 Å². The minimum atomic E-state index is -1.69. The van der Waals surface area contributed by atoms with E-state index in [0.717, 1.165) is 45.5 Å². The Morgan fingerprint density at radius 3 is 2.23 bits per heavy atom. The molecule has 1 heterocycles. The number of methoxy groups -OCH3 is 1. The summed E-state index contributed by atoms with van der Waals surface area (Å²) in [5.74, 6) is -8.92. The van der Waals surface area contributed by atoms with Crippen LogP contribution >= 0.6 is 12.4 Å². The molecule has 0 radical (unpaired) electrons. The van der Waals surface area contributed by atoms with Crippen LogP contribution in [0.25, 0.3) is 6.08 Å². The first-order chi connectivity index (χ1) is 14.4. The molecule has 1 saturated heterocycles. The molecule has 0 amide bonds. The van der Waals surface area contributed by atoms with Gasteiger partial charge in [-0.25, -0.2) is 13.6 Å². The molecular weight excluding hydrogens is 438 g/mol. The third kappa shape index (κ3) is 5.57. The van der Waals surface area contributed by atoms with Crippen LogP contribution in [-0.4, -0.2) is 37.6 Å². The fourth-order valence-corrected chi connectivity index (χ4v) is 3.27. The molecule has 1 fully saturated rings. The van der Waals surface area contributed by atoms with E-state index in [2.05, 4.69) is 9.64 Å². The lowest BCUT2D eigenvalue weighted by atomic mass is 10.1. The number of benzene rings is 2. The van der Waals surface area contributed by atoms with E-state index in [4.69, 9.17) is 4.74 Å². The Kier molecular flexibility index (Phi) is 8.88. The minimum absolute atomic E-state index is 0. The summed E-state index contributed by atoms with van der Waals surface area (Å²) in [6.07, 6.45) is 5.72. The molecule has 1 aliphatic heterocycles. The Hall–Kier alpha value is -2.58. The number of carbonyl (C=O) groups excluding carboxylic acids is 1. The van der Waals surface area contributed by atoms with Crippen molar-refractivity contribution >= 4 is 24.5 Å². The molecule has 4 nitrogen and oxygen atoms in total. The van der Waals surface area contributed by atoms with Gasteiger partial charge >= 0.3 is 5.97 Å². The van der Waals surface area contributed by atoms with E-state index in [-0.39, 0.29) is 23.7 Å². The number of esters is 1. The average molecular weight is 460 g/mol. The third-order valence-corrected chi connectivity index (χ3v) is 4.86. The maximum atomic E-state index is 14.5. The number of para-hydroxylation sites is 1. The summed E-state index contributed by atoms with van der Waals surface area (Å²) in [4.78, 5) is 13.9. The van der Waals surface area contributed by atoms with E-state index in [9.17, 15) is 22.4 Å². The lowest BCUT2D eigenvalue weighted by Crippen LogP contribution is -2.29. The number of nitrogens with zero attached hydrogens (tertiary/aromatic N) is 1. The molecule has 31 heavy (non-hydrogen) atoms. The van der Waals surface area contributed by atoms with Crippen LogP contribution in [0.1, 0.15) is 35.2 Å². The highest BCUT2D eigenvalue weighted by Crippen LogP contribution is 2.35. The summed E-state index contributed by atoms with van der Waals surface area (Å²) >= 11 is 0. The second-order valence-corrected chi connectivity index (χ2v) is 6.85. The van der Waals surface area contributed by atoms with Crippen LogP contribution in [0.2, 0.25) is 0 Å². The number of hydrogen-bond donors (Lipinski definition) is 0. The molecule has 0 N–H and O–H groups in total. The molecule has 0 saturated carbocycles. The van der Waals surface area contributed by atoms with Crippen molar-refractivity contribution in [2.45, 2.75) is 19.3 Å². The number of hydrogen-bond acceptors (Lipinski definition) is 4. The van der Waals surface area contributed by atoms with Gasteiger partial charge in [-0.2, -0.15) is 8.78 Å². The standard InChI is InChI=1S/C22H21F4NO3.ClH/c1-29-22(28)14-8-3-4-10-16(14)30-21-19(25)17(23)15(18(24)20(21)26)9-7-13-27-11-5-2-6-12-27;/h3-4,7-10H,2,5-6,11-13H2,1H3;1H/b9-7+;. The molecule has 0 aromatic heterocycles. The predicted octanol–water partition coefficient (Wildman–Crippen LogP) is 5.74. The Morgan fingerprint density at radius 1 is 1.00 bits per heavy atom. The normalized spacial score (nSPS) is 14.4. The number of likely N-dealkylation sites (tertiary alicyclic amines) is 1. The second-order valence-electron chi connectivity index (χ2n) is 6.85. The van der Waals surface area contributed by atoms with Crippen molar-refractivity contribution in [3.8, 4) is 11.5 Å². The van der Waals surface area contributed by atoms with Gasteiger partial charge in [-0.1, -0.05) is 30.7 Å². The van der Waals surface area contributed by atoms with Crippen LogP contribution in [0.15, 0.2) is 30.3 Å². The molecule has 3 rings (SSSR count). The van der Waals surface area contributed by atoms with Gasteiger partial charge in [-0.05, 0) is 38.1 Å². The van der Waals surface area contributed by atoms with Gasteiger partial charge < -0.3 is 9.47 Å². The van der Waals surface area contributed by atoms with E-state index in [1.807, 2.05) is 0 Å². The van der Waals surface area contributed by atoms with Crippen molar-refractivity contribution in [2.75, 3.05) is 26.7 Å². The van der Waals surface area contributed by atoms with Gasteiger partial charge in [-0.15, -0.1) is 12.4 Å². The maximum absolute atomic E-state index is 14.5. The van der Waals surface area contributed by atoms with Crippen LogP contribution in [-0.2, 0) is 4.74 Å². The molecule has 0 aliphatic carbocycles. The Morgan fingerprint density at radius 2 is 1.61 bits per heavy atom. The van der Waals surface area contributed by atoms with Crippen LogP contribution in [0.3, 0.4) is 0 Å². The third-order valence-electron chi connectivity index (χ3n) is 4.86. The second kappa shape index (κ2) is 11.2. The zero-order valence-electron chi connectivity index (χ0n) is 16.8. The fraction of sp³-hybridized carbons (Fsp3) is 0.318. The summed E-state index contributed by atoms with van der Waals surface area (Å²) < 4.78 is 67.6. The molecule has 0 bridgehead atoms. The van der Waals surface area contributed by atoms with Gasteiger partial charge in [0.15, 0.2) is 11.6 Å². The predicted molar refractivity (Wildman–Crippen MR) is 111 cm³/mol. The number of halogens is 5. The van der Waals surface area contributed by atoms with Crippen LogP contribution < -0.4 is 4.74 Å². The highest BCUT2D eigenvalue weighted by molar-refractivity contribution is 5.92. The summed E-state index contributed by atoms with van der Waals surface area (Å²) in [5, 5.41) is 0. The van der Waals surface area contributed by atoms with E-state index >= 15 is 0 Å². The van der Waals surface area contributed by atoms with Gasteiger partial charge in [0.25, 0.3) is 0 Å². The fourth-order valence-electron chi connectivity index (χ4n) is 3.27. The number of piperidine rings is 1. The van der Waals surface area contributed by atoms with E-state index < -0.39 is 40.6 Å². The molecule has 0 spiro atoms. The summed E-state index contributed by atoms with van der Waals surface area (Å²) in [6, 6.07) is 5.43. The molecule has 2 aromatic rings. The van der Waals surface area contributed by atoms with Crippen molar-refractivity contribution in [1.29, 1.82) is 0 Å². The van der Waals surface area contributed by atoms with Crippen LogP contribution in [0, 0.1) is 23.3 Å². The maximum Gasteiger partial charge on any atom is 0.341 e. The average Bonchev–Trinajstić information content (AvgIpc) is 2.78. The van der Waals surface area contributed by atoms with Crippen molar-refractivity contribution in [3.63, 3.8) is 0 Å². The lowest BCUT2D eigenvalue weighted by Gasteiger charge is -2.24. The zero-order chi connectivity index (χ0) is 21.7. The minimum Gasteiger partial charge on any atom is -0.465 e. The van der Waals surface area contributed by atoms with E-state index in [0.29, 0.717) is 6.54 Å². The number of carbonyl (C=O) groups is 1. The smallest absolute Gasteiger partial charge is 0.341 e. The van der Waals surface area contributed by atoms with Gasteiger partial charge in [0, 0.05) is 6.54 Å². The van der Waals surface area contributed by atoms with Crippen LogP contribution in [0.4, 0.5) is 17.6 Å².